The highest BCUT2D eigenvalue weighted by Gasteiger charge is 2.09. The lowest BCUT2D eigenvalue weighted by atomic mass is 10.2. The van der Waals surface area contributed by atoms with Crippen molar-refractivity contribution in [3.63, 3.8) is 0 Å². The number of carbonyl (C=O) groups is 1. The van der Waals surface area contributed by atoms with Gasteiger partial charge in [-0.1, -0.05) is 6.07 Å². The molecule has 0 radical (unpaired) electrons. The molecule has 0 aliphatic heterocycles. The van der Waals surface area contributed by atoms with Crippen LogP contribution in [0, 0.1) is 6.92 Å². The van der Waals surface area contributed by atoms with E-state index in [-0.39, 0.29) is 5.91 Å². The Morgan fingerprint density at radius 3 is 2.95 bits per heavy atom. The number of H-pyrrole nitrogens is 1. The molecular formula is C14H14N6O. The molecule has 0 unspecified atom stereocenters. The van der Waals surface area contributed by atoms with E-state index in [0.717, 1.165) is 17.0 Å². The minimum Gasteiger partial charge on any atom is -0.355 e. The third kappa shape index (κ3) is 2.53. The van der Waals surface area contributed by atoms with E-state index in [2.05, 4.69) is 30.6 Å². The molecule has 0 aliphatic rings. The highest BCUT2D eigenvalue weighted by molar-refractivity contribution is 5.95. The summed E-state index contributed by atoms with van der Waals surface area (Å²) in [5.74, 6) is 1.26. The van der Waals surface area contributed by atoms with Crippen molar-refractivity contribution in [3.8, 4) is 0 Å². The number of nitrogens with one attached hydrogen (secondary N) is 3. The van der Waals surface area contributed by atoms with E-state index < -0.39 is 0 Å². The molecule has 0 saturated heterocycles. The number of anilines is 2. The summed E-state index contributed by atoms with van der Waals surface area (Å²) in [5, 5.41) is 5.77. The lowest BCUT2D eigenvalue weighted by Gasteiger charge is -2.07. The number of nitrogens with zero attached hydrogens (tertiary/aromatic N) is 3. The quantitative estimate of drug-likeness (QED) is 0.680. The lowest BCUT2D eigenvalue weighted by molar-refractivity contribution is 0.0963. The topological polar surface area (TPSA) is 95.6 Å². The summed E-state index contributed by atoms with van der Waals surface area (Å²) in [5.41, 5.74) is 2.68. The van der Waals surface area contributed by atoms with Crippen molar-refractivity contribution < 1.29 is 4.79 Å². The van der Waals surface area contributed by atoms with Crippen molar-refractivity contribution in [2.75, 3.05) is 12.4 Å². The predicted octanol–water partition coefficient (Wildman–Crippen LogP) is 1.76. The molecule has 7 nitrogen and oxygen atoms in total. The second-order valence-electron chi connectivity index (χ2n) is 4.53. The largest absolute Gasteiger partial charge is 0.355 e. The van der Waals surface area contributed by atoms with Crippen molar-refractivity contribution in [2.45, 2.75) is 6.92 Å². The van der Waals surface area contributed by atoms with Crippen LogP contribution in [0.15, 0.2) is 30.6 Å². The van der Waals surface area contributed by atoms with Crippen LogP contribution in [0.5, 0.6) is 0 Å². The van der Waals surface area contributed by atoms with E-state index in [1.54, 1.807) is 19.2 Å². The summed E-state index contributed by atoms with van der Waals surface area (Å²) in [6.45, 7) is 1.86. The van der Waals surface area contributed by atoms with Crippen LogP contribution in [0.3, 0.4) is 0 Å². The summed E-state index contributed by atoms with van der Waals surface area (Å²) in [6, 6.07) is 7.18. The number of rotatable bonds is 3. The molecule has 3 aromatic rings. The Hall–Kier alpha value is -2.96. The predicted molar refractivity (Wildman–Crippen MR) is 79.5 cm³/mol. The van der Waals surface area contributed by atoms with Crippen LogP contribution >= 0.6 is 0 Å². The van der Waals surface area contributed by atoms with Crippen LogP contribution in [0.2, 0.25) is 0 Å². The van der Waals surface area contributed by atoms with Gasteiger partial charge in [0.2, 0.25) is 0 Å². The lowest BCUT2D eigenvalue weighted by Crippen LogP contribution is -2.17. The van der Waals surface area contributed by atoms with Gasteiger partial charge in [-0.3, -0.25) is 4.79 Å². The molecular weight excluding hydrogens is 268 g/mol. The molecule has 3 N–H and O–H groups in total. The van der Waals surface area contributed by atoms with Crippen LogP contribution in [-0.2, 0) is 0 Å². The summed E-state index contributed by atoms with van der Waals surface area (Å²) in [7, 11) is 1.60. The monoisotopic (exact) mass is 282 g/mol. The Morgan fingerprint density at radius 1 is 1.29 bits per heavy atom. The molecule has 7 heteroatoms. The second kappa shape index (κ2) is 5.20. The van der Waals surface area contributed by atoms with E-state index in [4.69, 9.17) is 0 Å². The summed E-state index contributed by atoms with van der Waals surface area (Å²) >= 11 is 0. The molecule has 21 heavy (non-hydrogen) atoms. The van der Waals surface area contributed by atoms with Crippen molar-refractivity contribution in [3.05, 3.63) is 42.0 Å². The van der Waals surface area contributed by atoms with E-state index in [1.807, 2.05) is 19.1 Å². The number of benzene rings is 1. The normalized spacial score (nSPS) is 10.6. The van der Waals surface area contributed by atoms with Crippen LogP contribution in [0.4, 0.5) is 11.5 Å². The Kier molecular flexibility index (Phi) is 3.23. The minimum absolute atomic E-state index is 0.135. The smallest absolute Gasteiger partial charge is 0.251 e. The Bertz CT molecular complexity index is 810. The summed E-state index contributed by atoms with van der Waals surface area (Å²) in [4.78, 5) is 27.4. The van der Waals surface area contributed by atoms with Gasteiger partial charge in [-0.05, 0) is 25.1 Å². The maximum atomic E-state index is 11.7. The molecule has 1 aromatic carbocycles. The number of carbonyl (C=O) groups excluding carboxylic acids is 1. The van der Waals surface area contributed by atoms with E-state index in [1.165, 1.54) is 6.33 Å². The summed E-state index contributed by atoms with van der Waals surface area (Å²) < 4.78 is 0. The molecule has 1 amide bonds. The SMILES string of the molecule is CNC(=O)c1cccc(Nc2ncnc3nc(C)[nH]c23)c1. The molecule has 106 valence electrons. The third-order valence-corrected chi connectivity index (χ3v) is 3.02. The third-order valence-electron chi connectivity index (χ3n) is 3.02. The molecule has 0 aliphatic carbocycles. The number of aromatic amines is 1. The van der Waals surface area contributed by atoms with E-state index in [9.17, 15) is 4.79 Å². The van der Waals surface area contributed by atoms with E-state index >= 15 is 0 Å². The maximum Gasteiger partial charge on any atom is 0.251 e. The highest BCUT2D eigenvalue weighted by Crippen LogP contribution is 2.21. The average molecular weight is 282 g/mol. The first-order valence-electron chi connectivity index (χ1n) is 6.44. The van der Waals surface area contributed by atoms with Gasteiger partial charge in [0.15, 0.2) is 11.5 Å². The van der Waals surface area contributed by atoms with Gasteiger partial charge in [-0.15, -0.1) is 0 Å². The molecule has 0 spiro atoms. The number of aromatic nitrogens is 4. The van der Waals surface area contributed by atoms with Crippen molar-refractivity contribution >= 4 is 28.6 Å². The molecule has 0 atom stereocenters. The van der Waals surface area contributed by atoms with Gasteiger partial charge in [-0.25, -0.2) is 15.0 Å². The van der Waals surface area contributed by atoms with Gasteiger partial charge < -0.3 is 15.6 Å². The van der Waals surface area contributed by atoms with Crippen molar-refractivity contribution in [2.24, 2.45) is 0 Å². The second-order valence-corrected chi connectivity index (χ2v) is 4.53. The molecule has 3 rings (SSSR count). The average Bonchev–Trinajstić information content (AvgIpc) is 2.88. The number of hydrogen-bond donors (Lipinski definition) is 3. The minimum atomic E-state index is -0.135. The first kappa shape index (κ1) is 13.0. The summed E-state index contributed by atoms with van der Waals surface area (Å²) in [6.07, 6.45) is 1.45. The molecule has 2 aromatic heterocycles. The van der Waals surface area contributed by atoms with Crippen molar-refractivity contribution in [1.82, 2.24) is 25.3 Å². The van der Waals surface area contributed by atoms with Crippen LogP contribution in [0.25, 0.3) is 11.2 Å². The maximum absolute atomic E-state index is 11.7. The molecule has 0 saturated carbocycles. The fraction of sp³-hybridized carbons (Fsp3) is 0.143. The number of imidazole rings is 1. The van der Waals surface area contributed by atoms with Gasteiger partial charge in [0.25, 0.3) is 5.91 Å². The van der Waals surface area contributed by atoms with E-state index in [0.29, 0.717) is 17.0 Å². The number of aryl methyl sites for hydroxylation is 1. The fourth-order valence-corrected chi connectivity index (χ4v) is 2.06. The highest BCUT2D eigenvalue weighted by atomic mass is 16.1. The number of amides is 1. The Labute approximate surface area is 120 Å². The molecule has 0 fully saturated rings. The van der Waals surface area contributed by atoms with Gasteiger partial charge in [0.1, 0.15) is 17.7 Å². The standard InChI is InChI=1S/C14H14N6O/c1-8-18-11-12(19-8)16-7-17-13(11)20-10-5-3-4-9(6-10)14(21)15-2/h3-7H,1-2H3,(H,15,21)(H2,16,17,18,19,20). The first-order valence-corrected chi connectivity index (χ1v) is 6.44. The zero-order valence-electron chi connectivity index (χ0n) is 11.6. The number of hydrogen-bond acceptors (Lipinski definition) is 5. The zero-order chi connectivity index (χ0) is 14.8. The Morgan fingerprint density at radius 2 is 2.14 bits per heavy atom. The fourth-order valence-electron chi connectivity index (χ4n) is 2.06. The van der Waals surface area contributed by atoms with Crippen LogP contribution < -0.4 is 10.6 Å². The zero-order valence-corrected chi connectivity index (χ0v) is 11.6. The van der Waals surface area contributed by atoms with Gasteiger partial charge >= 0.3 is 0 Å². The van der Waals surface area contributed by atoms with Crippen LogP contribution in [0.1, 0.15) is 16.2 Å². The van der Waals surface area contributed by atoms with Crippen LogP contribution in [-0.4, -0.2) is 32.9 Å². The van der Waals surface area contributed by atoms with Gasteiger partial charge in [-0.2, -0.15) is 0 Å². The van der Waals surface area contributed by atoms with Gasteiger partial charge in [0.05, 0.1) is 0 Å². The first-order chi connectivity index (χ1) is 10.2. The Balaban J connectivity index is 1.97. The molecule has 0 bridgehead atoms. The van der Waals surface area contributed by atoms with Gasteiger partial charge in [0, 0.05) is 18.3 Å². The molecule has 2 heterocycles. The number of fused-ring (bicyclic) bond motifs is 1. The van der Waals surface area contributed by atoms with Crippen molar-refractivity contribution in [1.29, 1.82) is 0 Å².